The summed E-state index contributed by atoms with van der Waals surface area (Å²) in [7, 11) is 2.81. The molecule has 1 aliphatic heterocycles. The Bertz CT molecular complexity index is 638. The standard InChI is InChI=1S/C16H23N3O5.ClH/c1-10(17)11-5-4-6-18(9-11)16(20)12-7-14(23-2)15(24-3)8-13(12)19(21)22;/h7-8,10-11H,4-6,9,17H2,1-3H3;1H. The number of nitro benzene ring substituents is 1. The van der Waals surface area contributed by atoms with E-state index in [9.17, 15) is 14.9 Å². The van der Waals surface area contributed by atoms with E-state index in [4.69, 9.17) is 15.2 Å². The lowest BCUT2D eigenvalue weighted by molar-refractivity contribution is -0.385. The van der Waals surface area contributed by atoms with E-state index in [2.05, 4.69) is 0 Å². The summed E-state index contributed by atoms with van der Waals surface area (Å²) in [5.74, 6) is 0.315. The zero-order valence-electron chi connectivity index (χ0n) is 14.6. The van der Waals surface area contributed by atoms with Gasteiger partial charge in [-0.25, -0.2) is 0 Å². The zero-order chi connectivity index (χ0) is 17.9. The molecule has 1 saturated heterocycles. The van der Waals surface area contributed by atoms with E-state index in [1.165, 1.54) is 26.4 Å². The summed E-state index contributed by atoms with van der Waals surface area (Å²) in [4.78, 5) is 25.3. The number of methoxy groups -OCH3 is 2. The molecule has 1 aliphatic rings. The van der Waals surface area contributed by atoms with Gasteiger partial charge >= 0.3 is 0 Å². The number of hydrogen-bond donors (Lipinski definition) is 1. The van der Waals surface area contributed by atoms with Crippen molar-refractivity contribution in [3.63, 3.8) is 0 Å². The van der Waals surface area contributed by atoms with Crippen LogP contribution in [0.2, 0.25) is 0 Å². The second kappa shape index (κ2) is 8.87. The molecule has 1 heterocycles. The number of carbonyl (C=O) groups is 1. The van der Waals surface area contributed by atoms with Crippen molar-refractivity contribution in [3.05, 3.63) is 27.8 Å². The van der Waals surface area contributed by atoms with Crippen LogP contribution in [0.4, 0.5) is 5.69 Å². The number of nitrogens with zero attached hydrogens (tertiary/aromatic N) is 2. The van der Waals surface area contributed by atoms with Gasteiger partial charge in [0.1, 0.15) is 5.56 Å². The normalized spacial score (nSPS) is 18.1. The Labute approximate surface area is 152 Å². The first kappa shape index (κ1) is 21.0. The van der Waals surface area contributed by atoms with E-state index < -0.39 is 4.92 Å². The van der Waals surface area contributed by atoms with Crippen molar-refractivity contribution in [2.75, 3.05) is 27.3 Å². The summed E-state index contributed by atoms with van der Waals surface area (Å²) >= 11 is 0. The molecule has 0 aliphatic carbocycles. The second-order valence-corrected chi connectivity index (χ2v) is 5.99. The maximum Gasteiger partial charge on any atom is 0.286 e. The molecular formula is C16H24ClN3O5. The van der Waals surface area contributed by atoms with Crippen LogP contribution >= 0.6 is 12.4 Å². The third kappa shape index (κ3) is 4.52. The zero-order valence-corrected chi connectivity index (χ0v) is 15.4. The minimum absolute atomic E-state index is 0. The molecular weight excluding hydrogens is 350 g/mol. The first-order valence-corrected chi connectivity index (χ1v) is 7.84. The Hall–Kier alpha value is -2.06. The lowest BCUT2D eigenvalue weighted by atomic mass is 9.91. The molecule has 1 aromatic carbocycles. The smallest absolute Gasteiger partial charge is 0.286 e. The fourth-order valence-electron chi connectivity index (χ4n) is 2.98. The van der Waals surface area contributed by atoms with Crippen LogP contribution in [0.1, 0.15) is 30.1 Å². The number of halogens is 1. The van der Waals surface area contributed by atoms with Gasteiger partial charge in [0.15, 0.2) is 11.5 Å². The Morgan fingerprint density at radius 1 is 1.36 bits per heavy atom. The summed E-state index contributed by atoms with van der Waals surface area (Å²) in [5, 5.41) is 11.4. The number of hydrogen-bond acceptors (Lipinski definition) is 6. The minimum atomic E-state index is -0.581. The largest absolute Gasteiger partial charge is 0.493 e. The fraction of sp³-hybridized carbons (Fsp3) is 0.562. The predicted octanol–water partition coefficient (Wildman–Crippen LogP) is 2.23. The second-order valence-electron chi connectivity index (χ2n) is 5.99. The van der Waals surface area contributed by atoms with Crippen molar-refractivity contribution in [2.24, 2.45) is 11.7 Å². The van der Waals surface area contributed by atoms with E-state index in [1.807, 2.05) is 6.92 Å². The van der Waals surface area contributed by atoms with Gasteiger partial charge in [-0.2, -0.15) is 0 Å². The van der Waals surface area contributed by atoms with Gasteiger partial charge in [-0.3, -0.25) is 14.9 Å². The number of amides is 1. The van der Waals surface area contributed by atoms with E-state index >= 15 is 0 Å². The van der Waals surface area contributed by atoms with Gasteiger partial charge in [0.2, 0.25) is 0 Å². The van der Waals surface area contributed by atoms with Gasteiger partial charge in [0.05, 0.1) is 25.2 Å². The molecule has 0 bridgehead atoms. The Kier molecular flexibility index (Phi) is 7.44. The number of ether oxygens (including phenoxy) is 2. The van der Waals surface area contributed by atoms with Crippen LogP contribution in [0.25, 0.3) is 0 Å². The van der Waals surface area contributed by atoms with E-state index in [0.29, 0.717) is 13.1 Å². The topological polar surface area (TPSA) is 108 Å². The van der Waals surface area contributed by atoms with Gasteiger partial charge in [0, 0.05) is 25.2 Å². The Balaban J connectivity index is 0.00000312. The van der Waals surface area contributed by atoms with Crippen LogP contribution in [0.15, 0.2) is 12.1 Å². The third-order valence-electron chi connectivity index (χ3n) is 4.42. The molecule has 2 unspecified atom stereocenters. The lowest BCUT2D eigenvalue weighted by Gasteiger charge is -2.34. The highest BCUT2D eigenvalue weighted by atomic mass is 35.5. The SMILES string of the molecule is COc1cc(C(=O)N2CCCC(C(C)N)C2)c([N+](=O)[O-])cc1OC.Cl. The maximum absolute atomic E-state index is 12.8. The van der Waals surface area contributed by atoms with Crippen molar-refractivity contribution in [1.29, 1.82) is 0 Å². The molecule has 2 N–H and O–H groups in total. The molecule has 9 heteroatoms. The monoisotopic (exact) mass is 373 g/mol. The van der Waals surface area contributed by atoms with Crippen molar-refractivity contribution >= 4 is 24.0 Å². The minimum Gasteiger partial charge on any atom is -0.493 e. The molecule has 140 valence electrons. The first-order chi connectivity index (χ1) is 11.4. The van der Waals surface area contributed by atoms with Gasteiger partial charge in [0.25, 0.3) is 11.6 Å². The summed E-state index contributed by atoms with van der Waals surface area (Å²) < 4.78 is 10.3. The number of carbonyl (C=O) groups excluding carboxylic acids is 1. The highest BCUT2D eigenvalue weighted by Crippen LogP contribution is 2.35. The predicted molar refractivity (Wildman–Crippen MR) is 95.7 cm³/mol. The average Bonchev–Trinajstić information content (AvgIpc) is 2.59. The summed E-state index contributed by atoms with van der Waals surface area (Å²) in [6.45, 7) is 2.98. The average molecular weight is 374 g/mol. The molecule has 1 fully saturated rings. The molecule has 25 heavy (non-hydrogen) atoms. The quantitative estimate of drug-likeness (QED) is 0.626. The molecule has 1 amide bonds. The van der Waals surface area contributed by atoms with E-state index in [0.717, 1.165) is 12.8 Å². The van der Waals surface area contributed by atoms with Gasteiger partial charge < -0.3 is 20.1 Å². The molecule has 2 rings (SSSR count). The highest BCUT2D eigenvalue weighted by Gasteiger charge is 2.31. The lowest BCUT2D eigenvalue weighted by Crippen LogP contribution is -2.45. The van der Waals surface area contributed by atoms with Crippen molar-refractivity contribution < 1.29 is 19.2 Å². The molecule has 1 aromatic rings. The van der Waals surface area contributed by atoms with Crippen LogP contribution in [0, 0.1) is 16.0 Å². The van der Waals surface area contributed by atoms with Crippen molar-refractivity contribution in [2.45, 2.75) is 25.8 Å². The van der Waals surface area contributed by atoms with Crippen LogP contribution in [0.3, 0.4) is 0 Å². The number of nitro groups is 1. The van der Waals surface area contributed by atoms with Gasteiger partial charge in [-0.15, -0.1) is 12.4 Å². The molecule has 0 spiro atoms. The van der Waals surface area contributed by atoms with Crippen molar-refractivity contribution in [3.8, 4) is 11.5 Å². The summed E-state index contributed by atoms with van der Waals surface area (Å²) in [6, 6.07) is 2.56. The number of piperidine rings is 1. The number of benzene rings is 1. The van der Waals surface area contributed by atoms with Crippen molar-refractivity contribution in [1.82, 2.24) is 4.90 Å². The van der Waals surface area contributed by atoms with Crippen LogP contribution < -0.4 is 15.2 Å². The molecule has 0 saturated carbocycles. The number of nitrogens with two attached hydrogens (primary N) is 1. The van der Waals surface area contributed by atoms with Gasteiger partial charge in [-0.05, 0) is 25.7 Å². The molecule has 0 radical (unpaired) electrons. The molecule has 8 nitrogen and oxygen atoms in total. The third-order valence-corrected chi connectivity index (χ3v) is 4.42. The number of rotatable bonds is 5. The Morgan fingerprint density at radius 2 is 1.96 bits per heavy atom. The maximum atomic E-state index is 12.8. The fourth-order valence-corrected chi connectivity index (χ4v) is 2.98. The van der Waals surface area contributed by atoms with Gasteiger partial charge in [-0.1, -0.05) is 0 Å². The summed E-state index contributed by atoms with van der Waals surface area (Å²) in [6.07, 6.45) is 1.79. The molecule has 0 aromatic heterocycles. The van der Waals surface area contributed by atoms with Crippen LogP contribution in [0.5, 0.6) is 11.5 Å². The number of likely N-dealkylation sites (tertiary alicyclic amines) is 1. The molecule has 2 atom stereocenters. The first-order valence-electron chi connectivity index (χ1n) is 7.84. The van der Waals surface area contributed by atoms with Crippen LogP contribution in [-0.2, 0) is 0 Å². The van der Waals surface area contributed by atoms with Crippen LogP contribution in [-0.4, -0.2) is 49.1 Å². The Morgan fingerprint density at radius 3 is 2.48 bits per heavy atom. The van der Waals surface area contributed by atoms with E-state index in [-0.39, 0.29) is 53.0 Å². The summed E-state index contributed by atoms with van der Waals surface area (Å²) in [5.41, 5.74) is 5.66. The van der Waals surface area contributed by atoms with E-state index in [1.54, 1.807) is 4.90 Å². The highest BCUT2D eigenvalue weighted by molar-refractivity contribution is 5.99.